The molecule has 3 heteroatoms. The van der Waals surface area contributed by atoms with Crippen LogP contribution in [-0.4, -0.2) is 29.2 Å². The molecule has 3 aliphatic rings. The monoisotopic (exact) mass is 255 g/mol. The Hall–Kier alpha value is -1.64. The Morgan fingerprint density at radius 1 is 1.21 bits per heavy atom. The van der Waals surface area contributed by atoms with Crippen molar-refractivity contribution in [2.24, 2.45) is 5.92 Å². The molecule has 0 spiro atoms. The number of benzene rings is 1. The van der Waals surface area contributed by atoms with Gasteiger partial charge in [-0.1, -0.05) is 30.7 Å². The summed E-state index contributed by atoms with van der Waals surface area (Å²) in [6, 6.07) is 8.05. The summed E-state index contributed by atoms with van der Waals surface area (Å²) in [6.45, 7) is 0.913. The molecule has 0 N–H and O–H groups in total. The van der Waals surface area contributed by atoms with E-state index in [1.54, 1.807) is 0 Å². The van der Waals surface area contributed by atoms with Crippen molar-refractivity contribution in [3.8, 4) is 0 Å². The fourth-order valence-electron chi connectivity index (χ4n) is 4.02. The van der Waals surface area contributed by atoms with Crippen LogP contribution in [0.15, 0.2) is 24.3 Å². The van der Waals surface area contributed by atoms with Crippen molar-refractivity contribution in [2.75, 3.05) is 6.54 Å². The lowest BCUT2D eigenvalue weighted by molar-refractivity contribution is -0.143. The number of nitrogens with zero attached hydrogens (tertiary/aromatic N) is 1. The van der Waals surface area contributed by atoms with Crippen LogP contribution in [0.4, 0.5) is 0 Å². The van der Waals surface area contributed by atoms with E-state index in [4.69, 9.17) is 0 Å². The highest BCUT2D eigenvalue weighted by atomic mass is 16.2. The first-order chi connectivity index (χ1) is 9.25. The summed E-state index contributed by atoms with van der Waals surface area (Å²) in [6.07, 6.45) is 4.04. The van der Waals surface area contributed by atoms with Gasteiger partial charge in [0.2, 0.25) is 5.91 Å². The Kier molecular flexibility index (Phi) is 2.32. The van der Waals surface area contributed by atoms with E-state index in [1.165, 1.54) is 12.8 Å². The molecule has 1 aliphatic heterocycles. The van der Waals surface area contributed by atoms with Gasteiger partial charge in [-0.05, 0) is 24.3 Å². The van der Waals surface area contributed by atoms with E-state index < -0.39 is 0 Å². The van der Waals surface area contributed by atoms with Crippen molar-refractivity contribution in [1.82, 2.24) is 4.90 Å². The second kappa shape index (κ2) is 3.92. The summed E-state index contributed by atoms with van der Waals surface area (Å²) >= 11 is 0. The normalized spacial score (nSPS) is 31.9. The quantitative estimate of drug-likeness (QED) is 0.772. The van der Waals surface area contributed by atoms with Gasteiger partial charge in [0.1, 0.15) is 0 Å². The summed E-state index contributed by atoms with van der Waals surface area (Å²) in [5, 5.41) is 0. The molecule has 19 heavy (non-hydrogen) atoms. The molecule has 1 aromatic rings. The number of rotatable bonds is 1. The van der Waals surface area contributed by atoms with E-state index in [0.29, 0.717) is 12.5 Å². The molecule has 1 saturated carbocycles. The average molecular weight is 255 g/mol. The third kappa shape index (κ3) is 1.50. The summed E-state index contributed by atoms with van der Waals surface area (Å²) in [5.74, 6) is 0.820. The molecule has 4 rings (SSSR count). The standard InChI is InChI=1S/C16H17NO2/c18-15-8-13(11-5-1-2-6-12(11)15)16(19)17-9-10-4-3-7-14(10)17/h1-2,5-6,10,13-14H,3-4,7-9H2. The van der Waals surface area contributed by atoms with E-state index in [9.17, 15) is 9.59 Å². The lowest BCUT2D eigenvalue weighted by Gasteiger charge is -2.45. The number of hydrogen-bond donors (Lipinski definition) is 0. The number of Topliss-reactive ketones (excluding diaryl/α,β-unsaturated/α-hetero) is 1. The smallest absolute Gasteiger partial charge is 0.230 e. The lowest BCUT2D eigenvalue weighted by atomic mass is 9.88. The minimum Gasteiger partial charge on any atom is -0.338 e. The molecular weight excluding hydrogens is 238 g/mol. The van der Waals surface area contributed by atoms with Gasteiger partial charge in [-0.3, -0.25) is 9.59 Å². The second-order valence-corrected chi connectivity index (χ2v) is 6.02. The largest absolute Gasteiger partial charge is 0.338 e. The molecule has 3 atom stereocenters. The first-order valence-corrected chi connectivity index (χ1v) is 7.18. The molecule has 0 radical (unpaired) electrons. The molecule has 3 unspecified atom stereocenters. The van der Waals surface area contributed by atoms with Crippen LogP contribution in [0.25, 0.3) is 0 Å². The van der Waals surface area contributed by atoms with Gasteiger partial charge in [-0.25, -0.2) is 0 Å². The molecule has 3 nitrogen and oxygen atoms in total. The zero-order valence-corrected chi connectivity index (χ0v) is 10.8. The third-order valence-electron chi connectivity index (χ3n) is 5.06. The second-order valence-electron chi connectivity index (χ2n) is 6.02. The molecule has 1 saturated heterocycles. The SMILES string of the molecule is O=C1CC(C(=O)N2CC3CCCC32)c2ccccc21. The number of hydrogen-bond acceptors (Lipinski definition) is 2. The predicted octanol–water partition coefficient (Wildman–Crippen LogP) is 2.37. The van der Waals surface area contributed by atoms with Crippen LogP contribution < -0.4 is 0 Å². The van der Waals surface area contributed by atoms with Gasteiger partial charge >= 0.3 is 0 Å². The van der Waals surface area contributed by atoms with E-state index in [-0.39, 0.29) is 17.6 Å². The predicted molar refractivity (Wildman–Crippen MR) is 71.0 cm³/mol. The van der Waals surface area contributed by atoms with Gasteiger partial charge in [0, 0.05) is 24.6 Å². The Morgan fingerprint density at radius 2 is 2.05 bits per heavy atom. The van der Waals surface area contributed by atoms with E-state index >= 15 is 0 Å². The van der Waals surface area contributed by atoms with Crippen molar-refractivity contribution in [3.63, 3.8) is 0 Å². The average Bonchev–Trinajstić information content (AvgIpc) is 2.92. The summed E-state index contributed by atoms with van der Waals surface area (Å²) in [5.41, 5.74) is 1.70. The zero-order valence-electron chi connectivity index (χ0n) is 10.8. The van der Waals surface area contributed by atoms with Gasteiger partial charge in [-0.15, -0.1) is 0 Å². The van der Waals surface area contributed by atoms with Crippen LogP contribution in [-0.2, 0) is 4.79 Å². The third-order valence-corrected chi connectivity index (χ3v) is 5.06. The van der Waals surface area contributed by atoms with Crippen molar-refractivity contribution in [2.45, 2.75) is 37.6 Å². The molecule has 0 aromatic heterocycles. The van der Waals surface area contributed by atoms with Crippen molar-refractivity contribution in [3.05, 3.63) is 35.4 Å². The van der Waals surface area contributed by atoms with Crippen LogP contribution in [0, 0.1) is 5.92 Å². The number of likely N-dealkylation sites (tertiary alicyclic amines) is 1. The van der Waals surface area contributed by atoms with Crippen LogP contribution >= 0.6 is 0 Å². The maximum absolute atomic E-state index is 12.7. The number of fused-ring (bicyclic) bond motifs is 2. The molecule has 0 bridgehead atoms. The Bertz CT molecular complexity index is 566. The maximum Gasteiger partial charge on any atom is 0.230 e. The number of ketones is 1. The summed E-state index contributed by atoms with van der Waals surface area (Å²) in [4.78, 5) is 26.6. The van der Waals surface area contributed by atoms with Crippen molar-refractivity contribution < 1.29 is 9.59 Å². The van der Waals surface area contributed by atoms with Crippen LogP contribution in [0.1, 0.15) is 47.5 Å². The zero-order chi connectivity index (χ0) is 13.0. The topological polar surface area (TPSA) is 37.4 Å². The number of carbonyl (C=O) groups is 2. The Labute approximate surface area is 112 Å². The molecule has 1 aromatic carbocycles. The van der Waals surface area contributed by atoms with Crippen LogP contribution in [0.5, 0.6) is 0 Å². The van der Waals surface area contributed by atoms with Gasteiger partial charge in [-0.2, -0.15) is 0 Å². The molecular formula is C16H17NO2. The highest BCUT2D eigenvalue weighted by Crippen LogP contribution is 2.42. The first-order valence-electron chi connectivity index (χ1n) is 7.18. The Balaban J connectivity index is 1.61. The summed E-state index contributed by atoms with van der Waals surface area (Å²) in [7, 11) is 0. The number of carbonyl (C=O) groups excluding carboxylic acids is 2. The minimum atomic E-state index is -0.217. The molecule has 1 heterocycles. The Morgan fingerprint density at radius 3 is 2.89 bits per heavy atom. The van der Waals surface area contributed by atoms with E-state index in [1.807, 2.05) is 29.2 Å². The van der Waals surface area contributed by atoms with Gasteiger partial charge in [0.25, 0.3) is 0 Å². The summed E-state index contributed by atoms with van der Waals surface area (Å²) < 4.78 is 0. The van der Waals surface area contributed by atoms with Gasteiger partial charge < -0.3 is 4.90 Å². The first kappa shape index (κ1) is 11.2. The van der Waals surface area contributed by atoms with Crippen molar-refractivity contribution >= 4 is 11.7 Å². The van der Waals surface area contributed by atoms with Crippen molar-refractivity contribution in [1.29, 1.82) is 0 Å². The van der Waals surface area contributed by atoms with E-state index in [0.717, 1.165) is 30.0 Å². The minimum absolute atomic E-state index is 0.123. The molecule has 98 valence electrons. The van der Waals surface area contributed by atoms with Crippen LogP contribution in [0.3, 0.4) is 0 Å². The lowest BCUT2D eigenvalue weighted by Crippen LogP contribution is -2.57. The van der Waals surface area contributed by atoms with E-state index in [2.05, 4.69) is 0 Å². The highest BCUT2D eigenvalue weighted by molar-refractivity contribution is 6.06. The number of amides is 1. The highest BCUT2D eigenvalue weighted by Gasteiger charge is 2.47. The van der Waals surface area contributed by atoms with Gasteiger partial charge in [0.05, 0.1) is 5.92 Å². The fraction of sp³-hybridized carbons (Fsp3) is 0.500. The molecule has 2 aliphatic carbocycles. The molecule has 1 amide bonds. The van der Waals surface area contributed by atoms with Crippen LogP contribution in [0.2, 0.25) is 0 Å². The van der Waals surface area contributed by atoms with Gasteiger partial charge in [0.15, 0.2) is 5.78 Å². The maximum atomic E-state index is 12.7. The fourth-order valence-corrected chi connectivity index (χ4v) is 4.02. The molecule has 2 fully saturated rings.